The van der Waals surface area contributed by atoms with E-state index in [0.29, 0.717) is 0 Å². The number of hydrogen-bond acceptors (Lipinski definition) is 0. The third-order valence-corrected chi connectivity index (χ3v) is 3.84. The molecule has 0 radical (unpaired) electrons. The summed E-state index contributed by atoms with van der Waals surface area (Å²) in [6.45, 7) is 6.39. The van der Waals surface area contributed by atoms with Crippen molar-refractivity contribution < 1.29 is 0 Å². The maximum atomic E-state index is 2.28. The zero-order valence-corrected chi connectivity index (χ0v) is 14.4. The molecule has 1 aromatic rings. The average Bonchev–Trinajstić information content (AvgIpc) is 2.90. The Labute approximate surface area is 140 Å². The van der Waals surface area contributed by atoms with E-state index in [2.05, 4.69) is 99.7 Å². The fourth-order valence-electron chi connectivity index (χ4n) is 2.45. The summed E-state index contributed by atoms with van der Waals surface area (Å²) in [5, 5.41) is 0. The van der Waals surface area contributed by atoms with Crippen LogP contribution < -0.4 is 0 Å². The normalized spacial score (nSPS) is 16.4. The van der Waals surface area contributed by atoms with Crippen molar-refractivity contribution in [1.82, 2.24) is 0 Å². The Kier molecular flexibility index (Phi) is 6.62. The van der Waals surface area contributed by atoms with E-state index in [1.165, 1.54) is 27.8 Å². The van der Waals surface area contributed by atoms with Crippen molar-refractivity contribution >= 4 is 5.57 Å². The van der Waals surface area contributed by atoms with Crippen LogP contribution in [0.4, 0.5) is 0 Å². The Morgan fingerprint density at radius 2 is 1.52 bits per heavy atom. The standard InChI is InChI=1S/C15H16.C8H10/c1-12-5-3-7-14(10-9-12)15-8-4-6-13(2)11-15;1-8-6-4-2-3-5-7-8/h4-11H,3H2,1-2H3;2-4,6-7H,5H2,1H3. The minimum absolute atomic E-state index is 1.03. The van der Waals surface area contributed by atoms with Gasteiger partial charge in [0.25, 0.3) is 0 Å². The Morgan fingerprint density at radius 1 is 0.739 bits per heavy atom. The van der Waals surface area contributed by atoms with Crippen LogP contribution in [-0.2, 0) is 0 Å². The van der Waals surface area contributed by atoms with E-state index in [9.17, 15) is 0 Å². The lowest BCUT2D eigenvalue weighted by Crippen LogP contribution is -1.81. The molecular weight excluding hydrogens is 276 g/mol. The summed E-state index contributed by atoms with van der Waals surface area (Å²) in [7, 11) is 0. The van der Waals surface area contributed by atoms with Gasteiger partial charge in [-0.1, -0.05) is 95.7 Å². The van der Waals surface area contributed by atoms with Crippen molar-refractivity contribution in [3.63, 3.8) is 0 Å². The highest BCUT2D eigenvalue weighted by Crippen LogP contribution is 2.21. The maximum absolute atomic E-state index is 2.28. The van der Waals surface area contributed by atoms with Crippen molar-refractivity contribution in [2.45, 2.75) is 33.6 Å². The van der Waals surface area contributed by atoms with Gasteiger partial charge in [0.1, 0.15) is 0 Å². The first-order valence-electron chi connectivity index (χ1n) is 8.27. The fourth-order valence-corrected chi connectivity index (χ4v) is 2.45. The van der Waals surface area contributed by atoms with Crippen molar-refractivity contribution in [2.75, 3.05) is 0 Å². The van der Waals surface area contributed by atoms with Crippen molar-refractivity contribution in [3.8, 4) is 0 Å². The molecule has 0 amide bonds. The molecule has 0 unspecified atom stereocenters. The van der Waals surface area contributed by atoms with Crippen LogP contribution in [0.25, 0.3) is 5.57 Å². The van der Waals surface area contributed by atoms with E-state index in [4.69, 9.17) is 0 Å². The van der Waals surface area contributed by atoms with Crippen LogP contribution in [0.1, 0.15) is 37.8 Å². The maximum Gasteiger partial charge on any atom is -0.0154 e. The summed E-state index contributed by atoms with van der Waals surface area (Å²) >= 11 is 0. The molecule has 0 atom stereocenters. The second-order valence-electron chi connectivity index (χ2n) is 6.02. The van der Waals surface area contributed by atoms with Gasteiger partial charge in [0.2, 0.25) is 0 Å². The van der Waals surface area contributed by atoms with Gasteiger partial charge in [0, 0.05) is 0 Å². The first-order chi connectivity index (χ1) is 11.1. The second-order valence-corrected chi connectivity index (χ2v) is 6.02. The minimum Gasteiger partial charge on any atom is -0.0807 e. The highest BCUT2D eigenvalue weighted by Gasteiger charge is 1.99. The van der Waals surface area contributed by atoms with Gasteiger partial charge in [-0.15, -0.1) is 0 Å². The van der Waals surface area contributed by atoms with Gasteiger partial charge in [0.05, 0.1) is 0 Å². The summed E-state index contributed by atoms with van der Waals surface area (Å²) in [6.07, 6.45) is 21.6. The second kappa shape index (κ2) is 8.95. The molecule has 1 aromatic carbocycles. The average molecular weight is 302 g/mol. The molecule has 23 heavy (non-hydrogen) atoms. The molecule has 3 rings (SSSR count). The zero-order chi connectivity index (χ0) is 16.5. The zero-order valence-electron chi connectivity index (χ0n) is 14.4. The third kappa shape index (κ3) is 6.12. The van der Waals surface area contributed by atoms with E-state index in [-0.39, 0.29) is 0 Å². The molecule has 0 nitrogen and oxygen atoms in total. The van der Waals surface area contributed by atoms with Crippen molar-refractivity contribution in [1.29, 1.82) is 0 Å². The molecule has 0 bridgehead atoms. The van der Waals surface area contributed by atoms with Crippen LogP contribution in [0, 0.1) is 6.92 Å². The predicted octanol–water partition coefficient (Wildman–Crippen LogP) is 6.73. The monoisotopic (exact) mass is 302 g/mol. The summed E-state index contributed by atoms with van der Waals surface area (Å²) in [4.78, 5) is 0. The molecule has 118 valence electrons. The highest BCUT2D eigenvalue weighted by atomic mass is 14.0. The highest BCUT2D eigenvalue weighted by molar-refractivity contribution is 5.75. The summed E-state index contributed by atoms with van der Waals surface area (Å²) < 4.78 is 0. The van der Waals surface area contributed by atoms with Gasteiger partial charge in [-0.3, -0.25) is 0 Å². The lowest BCUT2D eigenvalue weighted by Gasteiger charge is -2.02. The molecule has 0 spiro atoms. The Morgan fingerprint density at radius 3 is 2.35 bits per heavy atom. The van der Waals surface area contributed by atoms with Gasteiger partial charge in [0.15, 0.2) is 0 Å². The molecule has 0 saturated heterocycles. The largest absolute Gasteiger partial charge is 0.0807 e. The number of aryl methyl sites for hydroxylation is 1. The number of allylic oxidation sites excluding steroid dienone is 12. The number of rotatable bonds is 1. The van der Waals surface area contributed by atoms with Crippen LogP contribution >= 0.6 is 0 Å². The summed E-state index contributed by atoms with van der Waals surface area (Å²) in [5.41, 5.74) is 6.65. The van der Waals surface area contributed by atoms with Gasteiger partial charge in [-0.2, -0.15) is 0 Å². The van der Waals surface area contributed by atoms with Crippen LogP contribution in [-0.4, -0.2) is 0 Å². The Hall–Kier alpha value is -2.34. The molecule has 0 N–H and O–H groups in total. The van der Waals surface area contributed by atoms with E-state index in [0.717, 1.165) is 12.8 Å². The third-order valence-electron chi connectivity index (χ3n) is 3.84. The van der Waals surface area contributed by atoms with E-state index < -0.39 is 0 Å². The molecule has 0 fully saturated rings. The Balaban J connectivity index is 0.000000203. The summed E-state index contributed by atoms with van der Waals surface area (Å²) in [6, 6.07) is 8.65. The SMILES string of the molecule is CC1=CCC=C(c2cccc(C)c2)C=C1.CC1=CCC=CC=C1. The van der Waals surface area contributed by atoms with Gasteiger partial charge >= 0.3 is 0 Å². The van der Waals surface area contributed by atoms with Crippen LogP contribution in [0.2, 0.25) is 0 Å². The Bertz CT molecular complexity index is 701. The minimum atomic E-state index is 1.03. The molecule has 0 heterocycles. The molecule has 0 aromatic heterocycles. The van der Waals surface area contributed by atoms with E-state index in [1.54, 1.807) is 0 Å². The topological polar surface area (TPSA) is 0 Å². The lowest BCUT2D eigenvalue weighted by molar-refractivity contribution is 1.35. The smallest absolute Gasteiger partial charge is 0.0154 e. The predicted molar refractivity (Wildman–Crippen MR) is 103 cm³/mol. The molecular formula is C23H26. The van der Waals surface area contributed by atoms with Crippen LogP contribution in [0.3, 0.4) is 0 Å². The lowest BCUT2D eigenvalue weighted by atomic mass is 10.0. The van der Waals surface area contributed by atoms with E-state index >= 15 is 0 Å². The molecule has 0 aliphatic heterocycles. The van der Waals surface area contributed by atoms with Crippen LogP contribution in [0.5, 0.6) is 0 Å². The molecule has 2 aliphatic carbocycles. The van der Waals surface area contributed by atoms with Crippen molar-refractivity contribution in [2.24, 2.45) is 0 Å². The van der Waals surface area contributed by atoms with Gasteiger partial charge in [-0.05, 0) is 44.7 Å². The van der Waals surface area contributed by atoms with Crippen LogP contribution in [0.15, 0.2) is 90.1 Å². The van der Waals surface area contributed by atoms with Crippen molar-refractivity contribution in [3.05, 3.63) is 101 Å². The number of benzene rings is 1. The molecule has 0 heteroatoms. The number of hydrogen-bond donors (Lipinski definition) is 0. The fraction of sp³-hybridized carbons (Fsp3) is 0.217. The summed E-state index contributed by atoms with van der Waals surface area (Å²) in [5.74, 6) is 0. The van der Waals surface area contributed by atoms with Gasteiger partial charge in [-0.25, -0.2) is 0 Å². The first kappa shape index (κ1) is 17.0. The van der Waals surface area contributed by atoms with E-state index in [1.807, 2.05) is 0 Å². The first-order valence-corrected chi connectivity index (χ1v) is 8.27. The quantitative estimate of drug-likeness (QED) is 0.539. The molecule has 0 saturated carbocycles. The van der Waals surface area contributed by atoms with Gasteiger partial charge < -0.3 is 0 Å². The molecule has 2 aliphatic rings.